The number of esters is 2. The number of carbonyl (C=O) groups excluding carboxylic acids is 2. The second-order valence-electron chi connectivity index (χ2n) is 5.79. The quantitative estimate of drug-likeness (QED) is 0.724. The minimum atomic E-state index is -0.259. The molecule has 0 atom stereocenters. The van der Waals surface area contributed by atoms with Gasteiger partial charge in [0.1, 0.15) is 6.61 Å². The summed E-state index contributed by atoms with van der Waals surface area (Å²) in [5.74, 6) is -0.0800. The first-order valence-corrected chi connectivity index (χ1v) is 7.48. The van der Waals surface area contributed by atoms with Crippen LogP contribution in [0.1, 0.15) is 46.0 Å². The van der Waals surface area contributed by atoms with Gasteiger partial charge in [-0.3, -0.25) is 9.59 Å². The summed E-state index contributed by atoms with van der Waals surface area (Å²) >= 11 is 0. The van der Waals surface area contributed by atoms with Crippen LogP contribution in [0, 0.1) is 17.8 Å². The molecule has 0 aromatic rings. The van der Waals surface area contributed by atoms with Gasteiger partial charge in [0.2, 0.25) is 0 Å². The summed E-state index contributed by atoms with van der Waals surface area (Å²) in [6.07, 6.45) is 3.57. The van der Waals surface area contributed by atoms with Crippen LogP contribution in [0.5, 0.6) is 0 Å². The molecule has 116 valence electrons. The standard InChI is InChI=1S/C15H26O5/c1-11(2)7-9-19-14(17)12-3-5-13(6-4-12)15(18)20-10-8-16/h11-13,16H,3-10H2,1-2H3. The van der Waals surface area contributed by atoms with E-state index >= 15 is 0 Å². The lowest BCUT2D eigenvalue weighted by molar-refractivity contribution is -0.155. The van der Waals surface area contributed by atoms with E-state index in [2.05, 4.69) is 13.8 Å². The number of aliphatic hydroxyl groups excluding tert-OH is 1. The lowest BCUT2D eigenvalue weighted by Gasteiger charge is -2.25. The Hall–Kier alpha value is -1.10. The van der Waals surface area contributed by atoms with Crippen LogP contribution in [-0.2, 0) is 19.1 Å². The highest BCUT2D eigenvalue weighted by Gasteiger charge is 2.31. The SMILES string of the molecule is CC(C)CCOC(=O)C1CCC(C(=O)OCCO)CC1. The lowest BCUT2D eigenvalue weighted by atomic mass is 9.82. The number of hydrogen-bond acceptors (Lipinski definition) is 5. The Balaban J connectivity index is 2.24. The van der Waals surface area contributed by atoms with Crippen LogP contribution in [0.3, 0.4) is 0 Å². The predicted octanol–water partition coefficient (Wildman–Crippen LogP) is 1.92. The first-order valence-electron chi connectivity index (χ1n) is 7.48. The number of ether oxygens (including phenoxy) is 2. The molecular formula is C15H26O5. The molecular weight excluding hydrogens is 260 g/mol. The van der Waals surface area contributed by atoms with E-state index in [0.29, 0.717) is 38.2 Å². The van der Waals surface area contributed by atoms with E-state index in [-0.39, 0.29) is 37.0 Å². The summed E-state index contributed by atoms with van der Waals surface area (Å²) < 4.78 is 10.2. The molecule has 1 aliphatic rings. The smallest absolute Gasteiger partial charge is 0.309 e. The molecule has 0 radical (unpaired) electrons. The van der Waals surface area contributed by atoms with Gasteiger partial charge in [-0.25, -0.2) is 0 Å². The second-order valence-corrected chi connectivity index (χ2v) is 5.79. The number of aliphatic hydroxyl groups is 1. The Morgan fingerprint density at radius 1 is 1.00 bits per heavy atom. The molecule has 0 aromatic carbocycles. The van der Waals surface area contributed by atoms with Gasteiger partial charge in [-0.15, -0.1) is 0 Å². The zero-order chi connectivity index (χ0) is 15.0. The molecule has 20 heavy (non-hydrogen) atoms. The topological polar surface area (TPSA) is 72.8 Å². The molecule has 1 saturated carbocycles. The molecule has 1 rings (SSSR count). The van der Waals surface area contributed by atoms with Crippen molar-refractivity contribution < 1.29 is 24.2 Å². The van der Waals surface area contributed by atoms with Crippen molar-refractivity contribution in [2.75, 3.05) is 19.8 Å². The van der Waals surface area contributed by atoms with E-state index in [1.165, 1.54) is 0 Å². The van der Waals surface area contributed by atoms with E-state index in [1.807, 2.05) is 0 Å². The van der Waals surface area contributed by atoms with Gasteiger partial charge < -0.3 is 14.6 Å². The summed E-state index contributed by atoms with van der Waals surface area (Å²) in [5, 5.41) is 8.61. The van der Waals surface area contributed by atoms with Crippen LogP contribution in [-0.4, -0.2) is 36.9 Å². The molecule has 1 N–H and O–H groups in total. The molecule has 0 bridgehead atoms. The van der Waals surface area contributed by atoms with Crippen LogP contribution >= 0.6 is 0 Å². The molecule has 1 fully saturated rings. The van der Waals surface area contributed by atoms with Gasteiger partial charge in [0.25, 0.3) is 0 Å². The monoisotopic (exact) mass is 286 g/mol. The minimum Gasteiger partial charge on any atom is -0.465 e. The highest BCUT2D eigenvalue weighted by atomic mass is 16.5. The first-order chi connectivity index (χ1) is 9.54. The molecule has 1 aliphatic carbocycles. The Labute approximate surface area is 120 Å². The van der Waals surface area contributed by atoms with Crippen molar-refractivity contribution in [2.24, 2.45) is 17.8 Å². The maximum Gasteiger partial charge on any atom is 0.309 e. The van der Waals surface area contributed by atoms with Crippen molar-refractivity contribution in [2.45, 2.75) is 46.0 Å². The van der Waals surface area contributed by atoms with Gasteiger partial charge in [0, 0.05) is 0 Å². The van der Waals surface area contributed by atoms with E-state index in [9.17, 15) is 9.59 Å². The minimum absolute atomic E-state index is 0.0516. The van der Waals surface area contributed by atoms with Crippen molar-refractivity contribution in [3.63, 3.8) is 0 Å². The van der Waals surface area contributed by atoms with E-state index in [1.54, 1.807) is 0 Å². The van der Waals surface area contributed by atoms with Gasteiger partial charge in [0.15, 0.2) is 0 Å². The van der Waals surface area contributed by atoms with Crippen molar-refractivity contribution in [3.05, 3.63) is 0 Å². The largest absolute Gasteiger partial charge is 0.465 e. The average molecular weight is 286 g/mol. The summed E-state index contributed by atoms with van der Waals surface area (Å²) in [6.45, 7) is 4.57. The van der Waals surface area contributed by atoms with Crippen molar-refractivity contribution in [1.82, 2.24) is 0 Å². The normalized spacial score (nSPS) is 22.6. The molecule has 0 amide bonds. The highest BCUT2D eigenvalue weighted by Crippen LogP contribution is 2.30. The first kappa shape index (κ1) is 17.0. The Morgan fingerprint density at radius 3 is 1.85 bits per heavy atom. The third kappa shape index (κ3) is 5.90. The lowest BCUT2D eigenvalue weighted by Crippen LogP contribution is -2.29. The average Bonchev–Trinajstić information content (AvgIpc) is 2.44. The van der Waals surface area contributed by atoms with Gasteiger partial charge in [-0.1, -0.05) is 13.8 Å². The van der Waals surface area contributed by atoms with Crippen LogP contribution in [0.15, 0.2) is 0 Å². The Bertz CT molecular complexity index is 305. The van der Waals surface area contributed by atoms with Crippen LogP contribution in [0.25, 0.3) is 0 Å². The van der Waals surface area contributed by atoms with Gasteiger partial charge >= 0.3 is 11.9 Å². The maximum absolute atomic E-state index is 11.9. The van der Waals surface area contributed by atoms with Crippen LogP contribution in [0.2, 0.25) is 0 Å². The molecule has 0 aromatic heterocycles. The Kier molecular flexibility index (Phi) is 7.59. The highest BCUT2D eigenvalue weighted by molar-refractivity contribution is 5.75. The van der Waals surface area contributed by atoms with Crippen LogP contribution < -0.4 is 0 Å². The van der Waals surface area contributed by atoms with E-state index in [4.69, 9.17) is 14.6 Å². The molecule has 0 unspecified atom stereocenters. The number of rotatable bonds is 7. The van der Waals surface area contributed by atoms with Crippen LogP contribution in [0.4, 0.5) is 0 Å². The number of hydrogen-bond donors (Lipinski definition) is 1. The summed E-state index contributed by atoms with van der Waals surface area (Å²) in [7, 11) is 0. The van der Waals surface area contributed by atoms with Crippen molar-refractivity contribution >= 4 is 11.9 Å². The fraction of sp³-hybridized carbons (Fsp3) is 0.867. The molecule has 5 nitrogen and oxygen atoms in total. The van der Waals surface area contributed by atoms with Gasteiger partial charge in [-0.2, -0.15) is 0 Å². The van der Waals surface area contributed by atoms with Gasteiger partial charge in [0.05, 0.1) is 25.0 Å². The number of carbonyl (C=O) groups is 2. The fourth-order valence-corrected chi connectivity index (χ4v) is 2.34. The summed E-state index contributed by atoms with van der Waals surface area (Å²) in [5.41, 5.74) is 0. The molecule has 0 heterocycles. The van der Waals surface area contributed by atoms with E-state index in [0.717, 1.165) is 6.42 Å². The van der Waals surface area contributed by atoms with Crippen molar-refractivity contribution in [1.29, 1.82) is 0 Å². The summed E-state index contributed by atoms with van der Waals surface area (Å²) in [4.78, 5) is 23.5. The zero-order valence-corrected chi connectivity index (χ0v) is 12.5. The predicted molar refractivity (Wildman–Crippen MR) is 73.9 cm³/mol. The maximum atomic E-state index is 11.9. The molecule has 0 spiro atoms. The third-order valence-electron chi connectivity index (χ3n) is 3.67. The Morgan fingerprint density at radius 2 is 1.45 bits per heavy atom. The van der Waals surface area contributed by atoms with E-state index < -0.39 is 0 Å². The summed E-state index contributed by atoms with van der Waals surface area (Å²) in [6, 6.07) is 0. The van der Waals surface area contributed by atoms with Gasteiger partial charge in [-0.05, 0) is 38.0 Å². The molecule has 5 heteroatoms. The zero-order valence-electron chi connectivity index (χ0n) is 12.5. The third-order valence-corrected chi connectivity index (χ3v) is 3.67. The molecule has 0 saturated heterocycles. The second kappa shape index (κ2) is 8.95. The van der Waals surface area contributed by atoms with Crippen molar-refractivity contribution in [3.8, 4) is 0 Å². The molecule has 0 aliphatic heterocycles. The fourth-order valence-electron chi connectivity index (χ4n) is 2.34.